The normalized spacial score (nSPS) is 10.9. The lowest BCUT2D eigenvalue weighted by molar-refractivity contribution is -0.383. The zero-order chi connectivity index (χ0) is 17.8. The second kappa shape index (κ2) is 8.78. The maximum absolute atomic E-state index is 11.5. The van der Waals surface area contributed by atoms with Crippen LogP contribution in [0.2, 0.25) is 0 Å². The second-order valence-corrected chi connectivity index (χ2v) is 5.89. The average Bonchev–Trinajstić information content (AvgIpc) is 2.63. The van der Waals surface area contributed by atoms with E-state index in [2.05, 4.69) is 29.0 Å². The van der Waals surface area contributed by atoms with Crippen LogP contribution in [0, 0.1) is 10.1 Å². The van der Waals surface area contributed by atoms with Crippen molar-refractivity contribution in [3.8, 4) is 0 Å². The summed E-state index contributed by atoms with van der Waals surface area (Å²) in [5.41, 5.74) is 2.35. The standard InChI is InChI=1S/C19H22N4O2.ClH/c1-3-22(4-2)13-12-20-19-14-8-5-6-9-15(14)21-16-10-7-11-17(18(16)19)23(24)25;/h5-11H,3-4,12-13H2,1-2H3,(H,20,21);1H. The Labute approximate surface area is 158 Å². The molecule has 1 heterocycles. The number of fused-ring (bicyclic) bond motifs is 2. The van der Waals surface area contributed by atoms with Crippen molar-refractivity contribution < 1.29 is 4.92 Å². The van der Waals surface area contributed by atoms with Crippen LogP contribution in [0.5, 0.6) is 0 Å². The Kier molecular flexibility index (Phi) is 6.71. The number of pyridine rings is 1. The molecule has 0 aliphatic carbocycles. The molecule has 6 nitrogen and oxygen atoms in total. The fourth-order valence-electron chi connectivity index (χ4n) is 3.14. The third-order valence-electron chi connectivity index (χ3n) is 4.51. The van der Waals surface area contributed by atoms with E-state index in [9.17, 15) is 10.1 Å². The van der Waals surface area contributed by atoms with E-state index in [4.69, 9.17) is 0 Å². The third kappa shape index (κ3) is 3.86. The molecule has 1 N–H and O–H groups in total. The lowest BCUT2D eigenvalue weighted by Crippen LogP contribution is -2.28. The molecule has 138 valence electrons. The topological polar surface area (TPSA) is 71.3 Å². The number of benzene rings is 2. The summed E-state index contributed by atoms with van der Waals surface area (Å²) in [6.07, 6.45) is 0. The molecule has 7 heteroatoms. The van der Waals surface area contributed by atoms with Crippen molar-refractivity contribution in [3.05, 3.63) is 52.6 Å². The predicted molar refractivity (Wildman–Crippen MR) is 109 cm³/mol. The van der Waals surface area contributed by atoms with Crippen LogP contribution in [0.15, 0.2) is 42.5 Å². The van der Waals surface area contributed by atoms with Crippen LogP contribution in [0.3, 0.4) is 0 Å². The van der Waals surface area contributed by atoms with Gasteiger partial charge in [0.25, 0.3) is 5.69 Å². The van der Waals surface area contributed by atoms with Gasteiger partial charge in [-0.1, -0.05) is 38.1 Å². The number of hydrogen-bond donors (Lipinski definition) is 1. The molecule has 0 amide bonds. The highest BCUT2D eigenvalue weighted by Gasteiger charge is 2.18. The molecule has 26 heavy (non-hydrogen) atoms. The molecule has 1 aromatic heterocycles. The van der Waals surface area contributed by atoms with E-state index >= 15 is 0 Å². The summed E-state index contributed by atoms with van der Waals surface area (Å²) in [6, 6.07) is 12.8. The first kappa shape index (κ1) is 19.9. The van der Waals surface area contributed by atoms with Gasteiger partial charge in [0.05, 0.1) is 21.6 Å². The molecule has 0 aliphatic rings. The highest BCUT2D eigenvalue weighted by Crippen LogP contribution is 2.36. The molecule has 0 atom stereocenters. The van der Waals surface area contributed by atoms with E-state index in [1.54, 1.807) is 6.07 Å². The van der Waals surface area contributed by atoms with Crippen molar-refractivity contribution in [1.29, 1.82) is 0 Å². The average molecular weight is 375 g/mol. The Morgan fingerprint density at radius 3 is 2.46 bits per heavy atom. The molecule has 3 aromatic rings. The van der Waals surface area contributed by atoms with Crippen molar-refractivity contribution in [2.75, 3.05) is 31.5 Å². The van der Waals surface area contributed by atoms with Crippen molar-refractivity contribution >= 4 is 45.6 Å². The summed E-state index contributed by atoms with van der Waals surface area (Å²) in [5.74, 6) is 0. The van der Waals surface area contributed by atoms with Crippen molar-refractivity contribution in [2.45, 2.75) is 13.8 Å². The number of aromatic nitrogens is 1. The SMILES string of the molecule is CCN(CC)CCNc1c2ccccc2nc2cccc([N+](=O)[O-])c12.Cl. The number of anilines is 1. The van der Waals surface area contributed by atoms with E-state index in [-0.39, 0.29) is 23.0 Å². The summed E-state index contributed by atoms with van der Waals surface area (Å²) < 4.78 is 0. The number of rotatable bonds is 7. The first-order valence-electron chi connectivity index (χ1n) is 8.57. The smallest absolute Gasteiger partial charge is 0.280 e. The van der Waals surface area contributed by atoms with Crippen LogP contribution in [-0.4, -0.2) is 41.0 Å². The number of nitrogens with zero attached hydrogens (tertiary/aromatic N) is 3. The van der Waals surface area contributed by atoms with Crippen LogP contribution in [0.4, 0.5) is 11.4 Å². The molecule has 0 unspecified atom stereocenters. The summed E-state index contributed by atoms with van der Waals surface area (Å²) in [5, 5.41) is 16.4. The number of likely N-dealkylation sites (N-methyl/N-ethyl adjacent to an activating group) is 1. The lowest BCUT2D eigenvalue weighted by atomic mass is 10.1. The van der Waals surface area contributed by atoms with Gasteiger partial charge in [-0.15, -0.1) is 12.4 Å². The number of halogens is 1. The number of nitro benzene ring substituents is 1. The number of non-ortho nitro benzene ring substituents is 1. The van der Waals surface area contributed by atoms with Gasteiger partial charge in [-0.05, 0) is 25.2 Å². The van der Waals surface area contributed by atoms with Crippen LogP contribution < -0.4 is 5.32 Å². The van der Waals surface area contributed by atoms with Gasteiger partial charge in [-0.2, -0.15) is 0 Å². The molecule has 0 fully saturated rings. The Morgan fingerprint density at radius 1 is 1.08 bits per heavy atom. The monoisotopic (exact) mass is 374 g/mol. The molecule has 0 spiro atoms. The van der Waals surface area contributed by atoms with Gasteiger partial charge in [-0.3, -0.25) is 10.1 Å². The number of para-hydroxylation sites is 1. The van der Waals surface area contributed by atoms with Crippen LogP contribution in [-0.2, 0) is 0 Å². The van der Waals surface area contributed by atoms with Gasteiger partial charge in [0.1, 0.15) is 5.39 Å². The van der Waals surface area contributed by atoms with Crippen molar-refractivity contribution in [1.82, 2.24) is 9.88 Å². The second-order valence-electron chi connectivity index (χ2n) is 5.89. The molecule has 0 bridgehead atoms. The minimum Gasteiger partial charge on any atom is -0.382 e. The molecule has 2 aromatic carbocycles. The minimum absolute atomic E-state index is 0. The molecular formula is C19H23ClN4O2. The summed E-state index contributed by atoms with van der Waals surface area (Å²) in [7, 11) is 0. The summed E-state index contributed by atoms with van der Waals surface area (Å²) in [6.45, 7) is 7.83. The molecule has 3 rings (SSSR count). The lowest BCUT2D eigenvalue weighted by Gasteiger charge is -2.19. The van der Waals surface area contributed by atoms with Crippen molar-refractivity contribution in [2.24, 2.45) is 0 Å². The van der Waals surface area contributed by atoms with Gasteiger partial charge in [0.2, 0.25) is 0 Å². The maximum Gasteiger partial charge on any atom is 0.280 e. The van der Waals surface area contributed by atoms with E-state index in [0.29, 0.717) is 10.9 Å². The number of nitrogens with one attached hydrogen (secondary N) is 1. The van der Waals surface area contributed by atoms with E-state index < -0.39 is 0 Å². The molecular weight excluding hydrogens is 352 g/mol. The van der Waals surface area contributed by atoms with Gasteiger partial charge < -0.3 is 10.2 Å². The minimum atomic E-state index is -0.339. The third-order valence-corrected chi connectivity index (χ3v) is 4.51. The number of nitro groups is 1. The van der Waals surface area contributed by atoms with Gasteiger partial charge >= 0.3 is 0 Å². The molecule has 0 aliphatic heterocycles. The number of hydrogen-bond acceptors (Lipinski definition) is 5. The summed E-state index contributed by atoms with van der Waals surface area (Å²) >= 11 is 0. The molecule has 0 saturated carbocycles. The summed E-state index contributed by atoms with van der Waals surface area (Å²) in [4.78, 5) is 18.1. The van der Waals surface area contributed by atoms with Crippen molar-refractivity contribution in [3.63, 3.8) is 0 Å². The van der Waals surface area contributed by atoms with E-state index in [0.717, 1.165) is 42.8 Å². The molecule has 0 radical (unpaired) electrons. The fraction of sp³-hybridized carbons (Fsp3) is 0.316. The largest absolute Gasteiger partial charge is 0.382 e. The Balaban J connectivity index is 0.00000243. The first-order chi connectivity index (χ1) is 12.2. The Bertz CT molecular complexity index is 913. The van der Waals surface area contributed by atoms with Crippen LogP contribution >= 0.6 is 12.4 Å². The quantitative estimate of drug-likeness (QED) is 0.375. The Hall–Kier alpha value is -2.44. The zero-order valence-electron chi connectivity index (χ0n) is 14.9. The highest BCUT2D eigenvalue weighted by molar-refractivity contribution is 6.11. The molecule has 0 saturated heterocycles. The van der Waals surface area contributed by atoms with Crippen LogP contribution in [0.25, 0.3) is 21.8 Å². The zero-order valence-corrected chi connectivity index (χ0v) is 15.8. The van der Waals surface area contributed by atoms with Gasteiger partial charge in [-0.25, -0.2) is 4.98 Å². The van der Waals surface area contributed by atoms with E-state index in [1.807, 2.05) is 30.3 Å². The highest BCUT2D eigenvalue weighted by atomic mass is 35.5. The maximum atomic E-state index is 11.5. The van der Waals surface area contributed by atoms with Gasteiger partial charge in [0.15, 0.2) is 0 Å². The predicted octanol–water partition coefficient (Wildman–Crippen LogP) is 4.47. The fourth-order valence-corrected chi connectivity index (χ4v) is 3.14. The van der Waals surface area contributed by atoms with Crippen LogP contribution in [0.1, 0.15) is 13.8 Å². The first-order valence-corrected chi connectivity index (χ1v) is 8.57. The van der Waals surface area contributed by atoms with Gasteiger partial charge in [0, 0.05) is 24.5 Å². The van der Waals surface area contributed by atoms with E-state index in [1.165, 1.54) is 6.07 Å². The Morgan fingerprint density at radius 2 is 1.77 bits per heavy atom.